The number of hydrogen-bond donors (Lipinski definition) is 3. The van der Waals surface area contributed by atoms with E-state index in [2.05, 4.69) is 83.5 Å². The quantitative estimate of drug-likeness (QED) is 0.0886. The first-order valence-electron chi connectivity index (χ1n) is 21.8. The topological polar surface area (TPSA) is 117 Å². The Bertz CT molecular complexity index is 2760. The molecule has 0 radical (unpaired) electrons. The minimum absolute atomic E-state index is 0.0182. The molecule has 5 atom stereocenters. The van der Waals surface area contributed by atoms with E-state index in [4.69, 9.17) is 9.47 Å². The van der Waals surface area contributed by atoms with Crippen molar-refractivity contribution in [3.63, 3.8) is 0 Å². The van der Waals surface area contributed by atoms with E-state index < -0.39 is 28.3 Å². The predicted molar refractivity (Wildman–Crippen MR) is 253 cm³/mol. The van der Waals surface area contributed by atoms with Crippen LogP contribution in [0.1, 0.15) is 70.7 Å². The second-order valence-electron chi connectivity index (χ2n) is 16.8. The van der Waals surface area contributed by atoms with Gasteiger partial charge in [-0.3, -0.25) is 9.69 Å². The third-order valence-corrected chi connectivity index (χ3v) is 13.6. The maximum atomic E-state index is 13.7. The van der Waals surface area contributed by atoms with Gasteiger partial charge in [0.15, 0.2) is 6.29 Å². The molecule has 9 nitrogen and oxygen atoms in total. The van der Waals surface area contributed by atoms with E-state index in [9.17, 15) is 18.3 Å². The van der Waals surface area contributed by atoms with Gasteiger partial charge in [0, 0.05) is 31.1 Å². The highest BCUT2D eigenvalue weighted by Crippen LogP contribution is 2.39. The average molecular weight is 874 g/mol. The Morgan fingerprint density at radius 1 is 0.719 bits per heavy atom. The number of fused-ring (bicyclic) bond motifs is 1. The van der Waals surface area contributed by atoms with Gasteiger partial charge < -0.3 is 19.9 Å². The standard InChI is InChI=1S/C54H55N3O6S/c1-37-16-28-50(29-17-37)64(60,61)56-51(31-39-10-5-4-6-11-39)53(59)55-34-41-12-9-15-47(30-41)43-22-25-45(26-23-43)54-62-49(33-52(63-54)44-20-18-40(36-58)19-21-44)35-57(3)38(2)46-27-24-42-13-7-8-14-48(42)32-46/h4-30,32,38,49,51-52,54,56,58H,31,33-36H2,1-3H3,(H,55,59)/t38-,49+,51-,52-,54-/m1/s1. The summed E-state index contributed by atoms with van der Waals surface area (Å²) in [6.45, 7) is 5.01. The van der Waals surface area contributed by atoms with Gasteiger partial charge in [-0.1, -0.05) is 151 Å². The molecule has 8 rings (SSSR count). The van der Waals surface area contributed by atoms with Crippen LogP contribution in [-0.4, -0.2) is 50.1 Å². The zero-order chi connectivity index (χ0) is 44.6. The van der Waals surface area contributed by atoms with E-state index in [0.29, 0.717) is 13.0 Å². The van der Waals surface area contributed by atoms with Gasteiger partial charge in [0.2, 0.25) is 15.9 Å². The van der Waals surface area contributed by atoms with E-state index >= 15 is 0 Å². The Morgan fingerprint density at radius 3 is 2.14 bits per heavy atom. The fourth-order valence-electron chi connectivity index (χ4n) is 8.25. The molecular formula is C54H55N3O6S. The summed E-state index contributed by atoms with van der Waals surface area (Å²) in [4.78, 5) is 16.2. The van der Waals surface area contributed by atoms with Gasteiger partial charge in [-0.2, -0.15) is 4.72 Å². The lowest BCUT2D eigenvalue weighted by atomic mass is 9.98. The molecule has 3 N–H and O–H groups in total. The number of aryl methyl sites for hydroxylation is 1. The van der Waals surface area contributed by atoms with Gasteiger partial charge in [-0.05, 0) is 101 Å². The number of likely N-dealkylation sites (N-methyl/N-ethyl adjacent to an activating group) is 1. The van der Waals surface area contributed by atoms with Gasteiger partial charge in [0.1, 0.15) is 6.04 Å². The molecule has 0 aliphatic carbocycles. The molecule has 328 valence electrons. The Kier molecular flexibility index (Phi) is 14.1. The summed E-state index contributed by atoms with van der Waals surface area (Å²) in [5, 5.41) is 15.1. The maximum absolute atomic E-state index is 13.7. The molecule has 7 aromatic rings. The number of benzene rings is 7. The summed E-state index contributed by atoms with van der Waals surface area (Å²) >= 11 is 0. The first kappa shape index (κ1) is 44.6. The van der Waals surface area contributed by atoms with Crippen molar-refractivity contribution in [2.75, 3.05) is 13.6 Å². The van der Waals surface area contributed by atoms with Crippen molar-refractivity contribution in [1.82, 2.24) is 14.9 Å². The van der Waals surface area contributed by atoms with E-state index in [-0.39, 0.29) is 42.7 Å². The Morgan fingerprint density at radius 2 is 1.41 bits per heavy atom. The number of aliphatic hydroxyl groups excluding tert-OH is 1. The second kappa shape index (κ2) is 20.2. The molecule has 0 aromatic heterocycles. The average Bonchev–Trinajstić information content (AvgIpc) is 3.33. The second-order valence-corrected chi connectivity index (χ2v) is 18.5. The minimum Gasteiger partial charge on any atom is -0.392 e. The number of sulfonamides is 1. The van der Waals surface area contributed by atoms with Crippen LogP contribution in [0.4, 0.5) is 0 Å². The summed E-state index contributed by atoms with van der Waals surface area (Å²) in [6, 6.07) is 54.2. The van der Waals surface area contributed by atoms with Crippen molar-refractivity contribution in [2.24, 2.45) is 0 Å². The monoisotopic (exact) mass is 873 g/mol. The molecule has 1 fully saturated rings. The highest BCUT2D eigenvalue weighted by Gasteiger charge is 2.34. The van der Waals surface area contributed by atoms with Gasteiger partial charge in [-0.25, -0.2) is 8.42 Å². The van der Waals surface area contributed by atoms with Crippen molar-refractivity contribution in [3.05, 3.63) is 209 Å². The van der Waals surface area contributed by atoms with Crippen molar-refractivity contribution in [2.45, 2.75) is 75.3 Å². The first-order chi connectivity index (χ1) is 31.0. The summed E-state index contributed by atoms with van der Waals surface area (Å²) in [5.74, 6) is -0.419. The largest absolute Gasteiger partial charge is 0.392 e. The normalized spacial score (nSPS) is 17.5. The Hall–Kier alpha value is -5.98. The molecule has 0 saturated carbocycles. The van der Waals surface area contributed by atoms with Crippen LogP contribution in [0.2, 0.25) is 0 Å². The molecule has 1 amide bonds. The lowest BCUT2D eigenvalue weighted by molar-refractivity contribution is -0.253. The number of amides is 1. The molecule has 1 aliphatic heterocycles. The van der Waals surface area contributed by atoms with Crippen LogP contribution in [-0.2, 0) is 43.9 Å². The molecule has 0 spiro atoms. The third kappa shape index (κ3) is 11.0. The van der Waals surface area contributed by atoms with Crippen LogP contribution in [0.25, 0.3) is 21.9 Å². The number of aliphatic hydroxyl groups is 1. The summed E-state index contributed by atoms with van der Waals surface area (Å²) in [5.41, 5.74) is 8.63. The molecule has 0 bridgehead atoms. The molecule has 10 heteroatoms. The number of ether oxygens (including phenoxy) is 2. The van der Waals surface area contributed by atoms with Crippen LogP contribution in [0.15, 0.2) is 175 Å². The van der Waals surface area contributed by atoms with Crippen LogP contribution in [0, 0.1) is 6.92 Å². The van der Waals surface area contributed by atoms with E-state index in [1.807, 2.05) is 97.9 Å². The molecule has 0 unspecified atom stereocenters. The summed E-state index contributed by atoms with van der Waals surface area (Å²) in [6.07, 6.45) is -0.0642. The number of carbonyl (C=O) groups is 1. The lowest BCUT2D eigenvalue weighted by Crippen LogP contribution is -2.47. The highest BCUT2D eigenvalue weighted by atomic mass is 32.2. The first-order valence-corrected chi connectivity index (χ1v) is 23.3. The number of hydrogen-bond acceptors (Lipinski definition) is 7. The zero-order valence-corrected chi connectivity index (χ0v) is 37.2. The van der Waals surface area contributed by atoms with Crippen LogP contribution in [0.3, 0.4) is 0 Å². The van der Waals surface area contributed by atoms with Crippen LogP contribution < -0.4 is 10.0 Å². The van der Waals surface area contributed by atoms with Crippen molar-refractivity contribution >= 4 is 26.7 Å². The fraction of sp³-hybridized carbons (Fsp3) is 0.241. The molecule has 1 saturated heterocycles. The SMILES string of the molecule is Cc1ccc(S(=O)(=O)N[C@H](Cc2ccccc2)C(=O)NCc2cccc(-c3ccc([C@@H]4O[C@H](CN(C)[C@H](C)c5ccc6ccccc6c5)C[C@H](c5ccc(CO)cc5)O4)cc3)c2)cc1. The lowest BCUT2D eigenvalue weighted by Gasteiger charge is -2.39. The highest BCUT2D eigenvalue weighted by molar-refractivity contribution is 7.89. The Labute approximate surface area is 376 Å². The van der Waals surface area contributed by atoms with Crippen molar-refractivity contribution in [1.29, 1.82) is 0 Å². The fourth-order valence-corrected chi connectivity index (χ4v) is 9.45. The minimum atomic E-state index is -3.97. The molecule has 7 aromatic carbocycles. The predicted octanol–water partition coefficient (Wildman–Crippen LogP) is 9.75. The van der Waals surface area contributed by atoms with Crippen molar-refractivity contribution in [3.8, 4) is 11.1 Å². The number of rotatable bonds is 16. The molecule has 1 heterocycles. The zero-order valence-electron chi connectivity index (χ0n) is 36.4. The maximum Gasteiger partial charge on any atom is 0.241 e. The van der Waals surface area contributed by atoms with Gasteiger partial charge >= 0.3 is 0 Å². The van der Waals surface area contributed by atoms with E-state index in [0.717, 1.165) is 44.5 Å². The van der Waals surface area contributed by atoms with Crippen LogP contribution in [0.5, 0.6) is 0 Å². The third-order valence-electron chi connectivity index (χ3n) is 12.2. The smallest absolute Gasteiger partial charge is 0.241 e. The molecular weight excluding hydrogens is 819 g/mol. The van der Waals surface area contributed by atoms with E-state index in [1.54, 1.807) is 24.3 Å². The van der Waals surface area contributed by atoms with Crippen molar-refractivity contribution < 1.29 is 27.8 Å². The van der Waals surface area contributed by atoms with Gasteiger partial charge in [-0.15, -0.1) is 0 Å². The van der Waals surface area contributed by atoms with E-state index in [1.165, 1.54) is 16.3 Å². The summed E-state index contributed by atoms with van der Waals surface area (Å²) < 4.78 is 42.9. The van der Waals surface area contributed by atoms with Gasteiger partial charge in [0.05, 0.1) is 23.7 Å². The Balaban J connectivity index is 0.956. The number of nitrogens with one attached hydrogen (secondary N) is 2. The molecule has 64 heavy (non-hydrogen) atoms. The number of carbonyl (C=O) groups excluding carboxylic acids is 1. The van der Waals surface area contributed by atoms with Gasteiger partial charge in [0.25, 0.3) is 0 Å². The molecule has 1 aliphatic rings. The number of nitrogens with zero attached hydrogens (tertiary/aromatic N) is 1. The summed E-state index contributed by atoms with van der Waals surface area (Å²) in [7, 11) is -1.82. The van der Waals surface area contributed by atoms with Crippen LogP contribution >= 0.6 is 0 Å².